The van der Waals surface area contributed by atoms with Crippen LogP contribution in [0.3, 0.4) is 0 Å². The Bertz CT molecular complexity index is 589. The number of anilines is 1. The van der Waals surface area contributed by atoms with Gasteiger partial charge in [0.1, 0.15) is 0 Å². The number of carbonyl (C=O) groups excluding carboxylic acids is 2. The molecule has 2 atom stereocenters. The topological polar surface area (TPSA) is 75.4 Å². The molecule has 1 fully saturated rings. The van der Waals surface area contributed by atoms with Crippen LogP contribution in [0.15, 0.2) is 12.1 Å². The monoisotopic (exact) mass is 317 g/mol. The van der Waals surface area contributed by atoms with Crippen LogP contribution in [0.25, 0.3) is 0 Å². The predicted molar refractivity (Wildman–Crippen MR) is 92.2 cm³/mol. The first-order chi connectivity index (χ1) is 10.8. The summed E-state index contributed by atoms with van der Waals surface area (Å²) >= 11 is 0. The molecular weight excluding hydrogens is 290 g/mol. The Morgan fingerprint density at radius 1 is 1.22 bits per heavy atom. The SMILES string of the molecule is Cc1cc(C)c(NC(=O)CN(C)C(=O)C2CCC(N)C2)c(C)c1. The molecule has 0 saturated heterocycles. The fourth-order valence-electron chi connectivity index (χ4n) is 3.40. The van der Waals surface area contributed by atoms with E-state index in [2.05, 4.69) is 5.32 Å². The number of hydrogen-bond donors (Lipinski definition) is 2. The Hall–Kier alpha value is -1.88. The van der Waals surface area contributed by atoms with Crippen molar-refractivity contribution in [3.8, 4) is 0 Å². The quantitative estimate of drug-likeness (QED) is 0.893. The van der Waals surface area contributed by atoms with Gasteiger partial charge in [-0.2, -0.15) is 0 Å². The van der Waals surface area contributed by atoms with Crippen molar-refractivity contribution in [3.63, 3.8) is 0 Å². The summed E-state index contributed by atoms with van der Waals surface area (Å²) in [5.41, 5.74) is 9.94. The molecule has 5 nitrogen and oxygen atoms in total. The predicted octanol–water partition coefficient (Wildman–Crippen LogP) is 2.14. The van der Waals surface area contributed by atoms with Crippen molar-refractivity contribution in [1.82, 2.24) is 4.90 Å². The van der Waals surface area contributed by atoms with Crippen molar-refractivity contribution in [2.24, 2.45) is 11.7 Å². The smallest absolute Gasteiger partial charge is 0.243 e. The summed E-state index contributed by atoms with van der Waals surface area (Å²) in [6.45, 7) is 6.05. The van der Waals surface area contributed by atoms with E-state index in [1.807, 2.05) is 32.9 Å². The number of likely N-dealkylation sites (N-methyl/N-ethyl adjacent to an activating group) is 1. The van der Waals surface area contributed by atoms with Gasteiger partial charge in [0.25, 0.3) is 0 Å². The van der Waals surface area contributed by atoms with Crippen LogP contribution >= 0.6 is 0 Å². The summed E-state index contributed by atoms with van der Waals surface area (Å²) in [5, 5.41) is 2.93. The van der Waals surface area contributed by atoms with Crippen LogP contribution in [0, 0.1) is 26.7 Å². The number of rotatable bonds is 4. The maximum atomic E-state index is 12.3. The zero-order valence-electron chi connectivity index (χ0n) is 14.5. The van der Waals surface area contributed by atoms with Crippen molar-refractivity contribution in [2.75, 3.05) is 18.9 Å². The van der Waals surface area contributed by atoms with E-state index in [-0.39, 0.29) is 30.3 Å². The van der Waals surface area contributed by atoms with Gasteiger partial charge in [-0.15, -0.1) is 0 Å². The zero-order valence-corrected chi connectivity index (χ0v) is 14.5. The number of nitrogens with one attached hydrogen (secondary N) is 1. The average molecular weight is 317 g/mol. The lowest BCUT2D eigenvalue weighted by molar-refractivity contribution is -0.136. The van der Waals surface area contributed by atoms with E-state index in [0.29, 0.717) is 0 Å². The van der Waals surface area contributed by atoms with Crippen LogP contribution in [-0.4, -0.2) is 36.3 Å². The van der Waals surface area contributed by atoms with E-state index in [4.69, 9.17) is 5.73 Å². The number of benzene rings is 1. The molecule has 0 bridgehead atoms. The molecule has 23 heavy (non-hydrogen) atoms. The lowest BCUT2D eigenvalue weighted by Crippen LogP contribution is -2.38. The maximum Gasteiger partial charge on any atom is 0.243 e. The van der Waals surface area contributed by atoms with Gasteiger partial charge in [-0.1, -0.05) is 17.7 Å². The normalized spacial score (nSPS) is 20.4. The second-order valence-electron chi connectivity index (χ2n) is 6.79. The molecule has 2 unspecified atom stereocenters. The van der Waals surface area contributed by atoms with E-state index in [1.54, 1.807) is 7.05 Å². The first kappa shape index (κ1) is 17.5. The Morgan fingerprint density at radius 3 is 2.35 bits per heavy atom. The average Bonchev–Trinajstić information content (AvgIpc) is 2.88. The van der Waals surface area contributed by atoms with Crippen molar-refractivity contribution in [3.05, 3.63) is 28.8 Å². The van der Waals surface area contributed by atoms with Crippen LogP contribution in [0.1, 0.15) is 36.0 Å². The zero-order chi connectivity index (χ0) is 17.1. The molecule has 1 aliphatic carbocycles. The highest BCUT2D eigenvalue weighted by molar-refractivity contribution is 5.96. The molecule has 1 aliphatic rings. The number of hydrogen-bond acceptors (Lipinski definition) is 3. The Kier molecular flexibility index (Phi) is 5.42. The number of amides is 2. The summed E-state index contributed by atoms with van der Waals surface area (Å²) in [6, 6.07) is 4.19. The highest BCUT2D eigenvalue weighted by Gasteiger charge is 2.30. The van der Waals surface area contributed by atoms with Crippen LogP contribution in [0.4, 0.5) is 5.69 Å². The summed E-state index contributed by atoms with van der Waals surface area (Å²) in [7, 11) is 1.68. The highest BCUT2D eigenvalue weighted by Crippen LogP contribution is 2.26. The van der Waals surface area contributed by atoms with Crippen LogP contribution in [-0.2, 0) is 9.59 Å². The first-order valence-corrected chi connectivity index (χ1v) is 8.16. The van der Waals surface area contributed by atoms with E-state index in [1.165, 1.54) is 10.5 Å². The lowest BCUT2D eigenvalue weighted by Gasteiger charge is -2.21. The third kappa shape index (κ3) is 4.32. The summed E-state index contributed by atoms with van der Waals surface area (Å²) in [5.74, 6) is -0.186. The van der Waals surface area contributed by atoms with Gasteiger partial charge < -0.3 is 16.0 Å². The van der Waals surface area contributed by atoms with E-state index < -0.39 is 0 Å². The molecule has 0 spiro atoms. The second-order valence-corrected chi connectivity index (χ2v) is 6.79. The molecule has 5 heteroatoms. The molecule has 0 aliphatic heterocycles. The van der Waals surface area contributed by atoms with Crippen molar-refractivity contribution in [2.45, 2.75) is 46.1 Å². The molecule has 1 aromatic carbocycles. The standard InChI is InChI=1S/C18H27N3O2/c1-11-7-12(2)17(13(3)8-11)20-16(22)10-21(4)18(23)14-5-6-15(19)9-14/h7-8,14-15H,5-6,9-10,19H2,1-4H3,(H,20,22). The fourth-order valence-corrected chi connectivity index (χ4v) is 3.40. The molecule has 2 rings (SSSR count). The molecule has 1 aromatic rings. The van der Waals surface area contributed by atoms with E-state index >= 15 is 0 Å². The summed E-state index contributed by atoms with van der Waals surface area (Å²) in [4.78, 5) is 26.1. The minimum Gasteiger partial charge on any atom is -0.336 e. The highest BCUT2D eigenvalue weighted by atomic mass is 16.2. The molecule has 0 radical (unpaired) electrons. The Morgan fingerprint density at radius 2 is 1.83 bits per heavy atom. The van der Waals surface area contributed by atoms with E-state index in [0.717, 1.165) is 36.1 Å². The van der Waals surface area contributed by atoms with Crippen molar-refractivity contribution in [1.29, 1.82) is 0 Å². The fraction of sp³-hybridized carbons (Fsp3) is 0.556. The van der Waals surface area contributed by atoms with Crippen molar-refractivity contribution >= 4 is 17.5 Å². The maximum absolute atomic E-state index is 12.3. The summed E-state index contributed by atoms with van der Waals surface area (Å²) < 4.78 is 0. The van der Waals surface area contributed by atoms with Gasteiger partial charge in [0.2, 0.25) is 11.8 Å². The molecule has 126 valence electrons. The number of carbonyl (C=O) groups is 2. The van der Waals surface area contributed by atoms with Gasteiger partial charge in [-0.25, -0.2) is 0 Å². The molecule has 2 amide bonds. The molecular formula is C18H27N3O2. The van der Waals surface area contributed by atoms with Crippen molar-refractivity contribution < 1.29 is 9.59 Å². The van der Waals surface area contributed by atoms with Gasteiger partial charge in [0.15, 0.2) is 0 Å². The van der Waals surface area contributed by atoms with E-state index in [9.17, 15) is 9.59 Å². The third-order valence-corrected chi connectivity index (χ3v) is 4.52. The van der Waals surface area contributed by atoms with Crippen LogP contribution in [0.5, 0.6) is 0 Å². The minimum absolute atomic E-state index is 0.0189. The van der Waals surface area contributed by atoms with Gasteiger partial charge in [0.05, 0.1) is 6.54 Å². The first-order valence-electron chi connectivity index (χ1n) is 8.16. The minimum atomic E-state index is -0.168. The molecule has 1 saturated carbocycles. The molecule has 0 heterocycles. The second kappa shape index (κ2) is 7.13. The number of nitrogens with zero attached hydrogens (tertiary/aromatic N) is 1. The molecule has 0 aromatic heterocycles. The number of aryl methyl sites for hydroxylation is 3. The lowest BCUT2D eigenvalue weighted by atomic mass is 10.0. The van der Waals surface area contributed by atoms with Gasteiger partial charge in [-0.3, -0.25) is 9.59 Å². The molecule has 3 N–H and O–H groups in total. The van der Waals surface area contributed by atoms with Gasteiger partial charge in [0, 0.05) is 24.7 Å². The largest absolute Gasteiger partial charge is 0.336 e. The van der Waals surface area contributed by atoms with Crippen LogP contribution < -0.4 is 11.1 Å². The summed E-state index contributed by atoms with van der Waals surface area (Å²) in [6.07, 6.45) is 2.43. The Labute approximate surface area is 138 Å². The van der Waals surface area contributed by atoms with Crippen LogP contribution in [0.2, 0.25) is 0 Å². The van der Waals surface area contributed by atoms with Gasteiger partial charge in [-0.05, 0) is 51.2 Å². The Balaban J connectivity index is 1.95. The number of nitrogens with two attached hydrogens (primary N) is 1. The third-order valence-electron chi connectivity index (χ3n) is 4.52. The van der Waals surface area contributed by atoms with Gasteiger partial charge >= 0.3 is 0 Å².